The normalized spacial score (nSPS) is 11.1. The third kappa shape index (κ3) is 4.45. The van der Waals surface area contributed by atoms with Gasteiger partial charge in [-0.05, 0) is 18.9 Å². The van der Waals surface area contributed by atoms with E-state index >= 15 is 0 Å². The van der Waals surface area contributed by atoms with Crippen LogP contribution < -0.4 is 0 Å². The summed E-state index contributed by atoms with van der Waals surface area (Å²) in [5.74, 6) is -2.28. The molecule has 0 amide bonds. The van der Waals surface area contributed by atoms with Crippen LogP contribution in [0.3, 0.4) is 0 Å². The average Bonchev–Trinajstić information content (AvgIpc) is 2.10. The molecular weight excluding hydrogens is 184 g/mol. The second kappa shape index (κ2) is 5.96. The molecule has 0 saturated heterocycles. The van der Waals surface area contributed by atoms with Crippen molar-refractivity contribution in [3.05, 3.63) is 23.8 Å². The van der Waals surface area contributed by atoms with Crippen molar-refractivity contribution in [2.75, 3.05) is 0 Å². The molecule has 4 nitrogen and oxygen atoms in total. The summed E-state index contributed by atoms with van der Waals surface area (Å²) in [5.41, 5.74) is -0.0993. The average molecular weight is 198 g/mol. The van der Waals surface area contributed by atoms with Gasteiger partial charge in [-0.2, -0.15) is 0 Å². The predicted octanol–water partition coefficient (Wildman–Crippen LogP) is 1.83. The summed E-state index contributed by atoms with van der Waals surface area (Å²) in [7, 11) is 0. The quantitative estimate of drug-likeness (QED) is 0.504. The van der Waals surface area contributed by atoms with E-state index in [0.717, 1.165) is 18.9 Å². The van der Waals surface area contributed by atoms with Crippen molar-refractivity contribution in [1.29, 1.82) is 0 Å². The van der Waals surface area contributed by atoms with Gasteiger partial charge in [0, 0.05) is 5.57 Å². The molecule has 0 aromatic carbocycles. The molecule has 14 heavy (non-hydrogen) atoms. The summed E-state index contributed by atoms with van der Waals surface area (Å²) < 4.78 is 0. The van der Waals surface area contributed by atoms with Crippen molar-refractivity contribution >= 4 is 11.9 Å². The van der Waals surface area contributed by atoms with Crippen molar-refractivity contribution in [3.8, 4) is 0 Å². The number of carboxylic acid groups (broad SMARTS) is 2. The van der Waals surface area contributed by atoms with Crippen LogP contribution in [0.2, 0.25) is 0 Å². The Hall–Kier alpha value is -1.58. The summed E-state index contributed by atoms with van der Waals surface area (Å²) in [4.78, 5) is 21.1. The maximum Gasteiger partial charge on any atom is 0.335 e. The minimum absolute atomic E-state index is 0.0965. The smallest absolute Gasteiger partial charge is 0.335 e. The molecule has 0 aliphatic heterocycles. The monoisotopic (exact) mass is 198 g/mol. The van der Waals surface area contributed by atoms with Crippen LogP contribution in [0, 0.1) is 0 Å². The van der Waals surface area contributed by atoms with E-state index in [1.165, 1.54) is 0 Å². The van der Waals surface area contributed by atoms with Crippen LogP contribution >= 0.6 is 0 Å². The second-order valence-electron chi connectivity index (χ2n) is 2.91. The number of aliphatic carboxylic acids is 2. The van der Waals surface area contributed by atoms with Crippen LogP contribution in [0.5, 0.6) is 0 Å². The Labute approximate surface area is 82.6 Å². The zero-order valence-electron chi connectivity index (χ0n) is 8.12. The highest BCUT2D eigenvalue weighted by Gasteiger charge is 2.09. The summed E-state index contributed by atoms with van der Waals surface area (Å²) in [6, 6.07) is 0. The number of carbonyl (C=O) groups is 2. The molecule has 2 N–H and O–H groups in total. The zero-order chi connectivity index (χ0) is 11.1. The molecule has 0 aliphatic rings. The van der Waals surface area contributed by atoms with Crippen molar-refractivity contribution in [2.24, 2.45) is 0 Å². The van der Waals surface area contributed by atoms with E-state index < -0.39 is 11.9 Å². The van der Waals surface area contributed by atoms with E-state index in [2.05, 4.69) is 6.58 Å². The summed E-state index contributed by atoms with van der Waals surface area (Å²) in [6.45, 7) is 5.18. The Morgan fingerprint density at radius 1 is 1.29 bits per heavy atom. The van der Waals surface area contributed by atoms with Gasteiger partial charge in [-0.1, -0.05) is 19.9 Å². The first-order valence-electron chi connectivity index (χ1n) is 4.35. The Bertz CT molecular complexity index is 276. The third-order valence-electron chi connectivity index (χ3n) is 1.70. The molecule has 0 atom stereocenters. The lowest BCUT2D eigenvalue weighted by Gasteiger charge is -2.00. The van der Waals surface area contributed by atoms with Gasteiger partial charge in [0.1, 0.15) is 0 Å². The molecule has 0 unspecified atom stereocenters. The maximum absolute atomic E-state index is 10.7. The maximum atomic E-state index is 10.7. The molecule has 0 radical (unpaired) electrons. The van der Waals surface area contributed by atoms with Crippen molar-refractivity contribution in [1.82, 2.24) is 0 Å². The van der Waals surface area contributed by atoms with Gasteiger partial charge < -0.3 is 10.2 Å². The van der Waals surface area contributed by atoms with Gasteiger partial charge in [0.05, 0.1) is 5.57 Å². The highest BCUT2D eigenvalue weighted by molar-refractivity contribution is 5.94. The van der Waals surface area contributed by atoms with E-state index in [1.807, 2.05) is 6.92 Å². The van der Waals surface area contributed by atoms with Crippen LogP contribution in [0.4, 0.5) is 0 Å². The second-order valence-corrected chi connectivity index (χ2v) is 2.91. The van der Waals surface area contributed by atoms with E-state index in [9.17, 15) is 9.59 Å². The lowest BCUT2D eigenvalue weighted by Crippen LogP contribution is -2.04. The molecule has 78 valence electrons. The van der Waals surface area contributed by atoms with Gasteiger partial charge in [0.15, 0.2) is 0 Å². The minimum Gasteiger partial charge on any atom is -0.478 e. The SMILES string of the molecule is C=C(C=C(CCCC)C(=O)O)C(=O)O. The number of rotatable bonds is 6. The molecular formula is C10H14O4. The Kier molecular flexibility index (Phi) is 5.29. The lowest BCUT2D eigenvalue weighted by atomic mass is 10.1. The van der Waals surface area contributed by atoms with Gasteiger partial charge in [0.25, 0.3) is 0 Å². The van der Waals surface area contributed by atoms with Crippen LogP contribution in [0.15, 0.2) is 23.8 Å². The number of carboxylic acids is 2. The number of unbranched alkanes of at least 4 members (excludes halogenated alkanes) is 1. The minimum atomic E-state index is -1.19. The predicted molar refractivity (Wildman–Crippen MR) is 52.0 cm³/mol. The first kappa shape index (κ1) is 12.4. The largest absolute Gasteiger partial charge is 0.478 e. The zero-order valence-corrected chi connectivity index (χ0v) is 8.12. The van der Waals surface area contributed by atoms with Crippen molar-refractivity contribution < 1.29 is 19.8 Å². The van der Waals surface area contributed by atoms with Crippen molar-refractivity contribution in [2.45, 2.75) is 26.2 Å². The van der Waals surface area contributed by atoms with Crippen LogP contribution in [0.25, 0.3) is 0 Å². The Morgan fingerprint density at radius 3 is 2.21 bits per heavy atom. The van der Waals surface area contributed by atoms with Gasteiger partial charge in [-0.25, -0.2) is 9.59 Å². The summed E-state index contributed by atoms with van der Waals surface area (Å²) in [5, 5.41) is 17.2. The topological polar surface area (TPSA) is 74.6 Å². The lowest BCUT2D eigenvalue weighted by molar-refractivity contribution is -0.133. The van der Waals surface area contributed by atoms with E-state index in [0.29, 0.717) is 6.42 Å². The third-order valence-corrected chi connectivity index (χ3v) is 1.70. The Balaban J connectivity index is 4.56. The molecule has 0 aliphatic carbocycles. The standard InChI is InChI=1S/C10H14O4/c1-3-4-5-8(10(13)14)6-7(2)9(11)12/h6H,2-5H2,1H3,(H,11,12)(H,13,14). The van der Waals surface area contributed by atoms with E-state index in [1.54, 1.807) is 0 Å². The van der Waals surface area contributed by atoms with Gasteiger partial charge in [0.2, 0.25) is 0 Å². The molecule has 0 rings (SSSR count). The summed E-state index contributed by atoms with van der Waals surface area (Å²) in [6.07, 6.45) is 3.08. The van der Waals surface area contributed by atoms with E-state index in [4.69, 9.17) is 10.2 Å². The molecule has 4 heteroatoms. The van der Waals surface area contributed by atoms with Gasteiger partial charge in [-0.15, -0.1) is 0 Å². The molecule has 0 fully saturated rings. The number of hydrogen-bond donors (Lipinski definition) is 2. The molecule has 0 aromatic heterocycles. The number of hydrogen-bond acceptors (Lipinski definition) is 2. The fraction of sp³-hybridized carbons (Fsp3) is 0.400. The molecule has 0 spiro atoms. The van der Waals surface area contributed by atoms with Gasteiger partial charge >= 0.3 is 11.9 Å². The Morgan fingerprint density at radius 2 is 1.86 bits per heavy atom. The highest BCUT2D eigenvalue weighted by atomic mass is 16.4. The van der Waals surface area contributed by atoms with E-state index in [-0.39, 0.29) is 11.1 Å². The first-order chi connectivity index (χ1) is 6.49. The van der Waals surface area contributed by atoms with Gasteiger partial charge in [-0.3, -0.25) is 0 Å². The molecule has 0 bridgehead atoms. The molecule has 0 saturated carbocycles. The fourth-order valence-electron chi connectivity index (χ4n) is 0.880. The van der Waals surface area contributed by atoms with Crippen molar-refractivity contribution in [3.63, 3.8) is 0 Å². The first-order valence-corrected chi connectivity index (χ1v) is 4.35. The van der Waals surface area contributed by atoms with Crippen LogP contribution in [0.1, 0.15) is 26.2 Å². The fourth-order valence-corrected chi connectivity index (χ4v) is 0.880. The molecule has 0 aromatic rings. The highest BCUT2D eigenvalue weighted by Crippen LogP contribution is 2.10. The van der Waals surface area contributed by atoms with Crippen LogP contribution in [-0.4, -0.2) is 22.2 Å². The molecule has 0 heterocycles. The van der Waals surface area contributed by atoms with Crippen LogP contribution in [-0.2, 0) is 9.59 Å². The summed E-state index contributed by atoms with van der Waals surface area (Å²) >= 11 is 0.